The molecule has 0 saturated heterocycles. The molecule has 0 bridgehead atoms. The van der Waals surface area contributed by atoms with Gasteiger partial charge in [0.15, 0.2) is 0 Å². The fraction of sp³-hybridized carbons (Fsp3) is 0.857. The lowest BCUT2D eigenvalue weighted by atomic mass is 9.76. The second kappa shape index (κ2) is 6.60. The lowest BCUT2D eigenvalue weighted by Gasteiger charge is -2.35. The third-order valence-electron chi connectivity index (χ3n) is 4.00. The maximum Gasteiger partial charge on any atom is 0.391 e. The summed E-state index contributed by atoms with van der Waals surface area (Å²) >= 11 is 0. The number of nitrogens with one attached hydrogen (secondary N) is 1. The molecule has 0 radical (unpaired) electrons. The van der Waals surface area contributed by atoms with Crippen LogP contribution in [0.4, 0.5) is 13.2 Å². The molecule has 0 aromatic carbocycles. The van der Waals surface area contributed by atoms with Crippen LogP contribution in [0.1, 0.15) is 45.4 Å². The van der Waals surface area contributed by atoms with E-state index in [1.807, 2.05) is 14.0 Å². The number of hydrogen-bond donors (Lipinski definition) is 1. The lowest BCUT2D eigenvalue weighted by Crippen LogP contribution is -2.39. The quantitative estimate of drug-likeness (QED) is 0.729. The Bertz CT molecular complexity index is 273. The van der Waals surface area contributed by atoms with Gasteiger partial charge in [-0.3, -0.25) is 0 Å². The molecule has 3 atom stereocenters. The molecule has 0 amide bonds. The topological polar surface area (TPSA) is 12.0 Å². The first-order valence-corrected chi connectivity index (χ1v) is 6.73. The van der Waals surface area contributed by atoms with Gasteiger partial charge in [-0.05, 0) is 52.0 Å². The first kappa shape index (κ1) is 15.5. The van der Waals surface area contributed by atoms with Crippen molar-refractivity contribution in [2.24, 2.45) is 11.8 Å². The highest BCUT2D eigenvalue weighted by Gasteiger charge is 2.43. The summed E-state index contributed by atoms with van der Waals surface area (Å²) in [6.07, 6.45) is -0.0540. The summed E-state index contributed by atoms with van der Waals surface area (Å²) in [7, 11) is 1.85. The maximum atomic E-state index is 12.8. The van der Waals surface area contributed by atoms with Crippen LogP contribution < -0.4 is 5.32 Å². The zero-order chi connectivity index (χ0) is 13.8. The van der Waals surface area contributed by atoms with E-state index in [0.717, 1.165) is 24.8 Å². The van der Waals surface area contributed by atoms with Crippen LogP contribution in [0.15, 0.2) is 12.2 Å². The summed E-state index contributed by atoms with van der Waals surface area (Å²) in [5.41, 5.74) is 1.10. The van der Waals surface area contributed by atoms with Gasteiger partial charge in [0.25, 0.3) is 0 Å². The molecule has 1 rings (SSSR count). The second-order valence-electron chi connectivity index (χ2n) is 5.56. The summed E-state index contributed by atoms with van der Waals surface area (Å²) in [5, 5.41) is 3.19. The molecule has 4 heteroatoms. The minimum atomic E-state index is -4.02. The fourth-order valence-electron chi connectivity index (χ4n) is 2.91. The molecular weight excluding hydrogens is 239 g/mol. The Labute approximate surface area is 108 Å². The smallest absolute Gasteiger partial charge is 0.317 e. The molecule has 1 aliphatic carbocycles. The van der Waals surface area contributed by atoms with E-state index in [0.29, 0.717) is 12.8 Å². The number of hydrogen-bond acceptors (Lipinski definition) is 1. The third-order valence-corrected chi connectivity index (χ3v) is 4.00. The van der Waals surface area contributed by atoms with Gasteiger partial charge in [0, 0.05) is 6.04 Å². The highest BCUT2D eigenvalue weighted by molar-refractivity contribution is 4.91. The first-order valence-electron chi connectivity index (χ1n) is 6.73. The lowest BCUT2D eigenvalue weighted by molar-refractivity contribution is -0.186. The minimum Gasteiger partial charge on any atom is -0.317 e. The van der Waals surface area contributed by atoms with Crippen molar-refractivity contribution in [3.05, 3.63) is 12.2 Å². The van der Waals surface area contributed by atoms with Crippen LogP contribution >= 0.6 is 0 Å². The van der Waals surface area contributed by atoms with Gasteiger partial charge in [0.1, 0.15) is 0 Å². The average Bonchev–Trinajstić information content (AvgIpc) is 2.29. The molecule has 3 unspecified atom stereocenters. The van der Waals surface area contributed by atoms with E-state index in [2.05, 4.69) is 11.9 Å². The number of allylic oxidation sites excluding steroid dienone is 1. The van der Waals surface area contributed by atoms with E-state index in [1.54, 1.807) is 0 Å². The van der Waals surface area contributed by atoms with Gasteiger partial charge in [0.2, 0.25) is 0 Å². The zero-order valence-electron chi connectivity index (χ0n) is 11.3. The Morgan fingerprint density at radius 3 is 2.56 bits per heavy atom. The molecular formula is C14H24F3N. The second-order valence-corrected chi connectivity index (χ2v) is 5.56. The standard InChI is InChI=1S/C14H24F3N/c1-10(2)7-8-13(18-3)11-5-4-6-12(9-11)14(15,16)17/h11-13,18H,1,4-9H2,2-3H3. The summed E-state index contributed by atoms with van der Waals surface area (Å²) < 4.78 is 38.3. The monoisotopic (exact) mass is 263 g/mol. The van der Waals surface area contributed by atoms with Crippen LogP contribution in [0.2, 0.25) is 0 Å². The van der Waals surface area contributed by atoms with Crippen LogP contribution in [-0.4, -0.2) is 19.3 Å². The number of rotatable bonds is 5. The Morgan fingerprint density at radius 2 is 2.06 bits per heavy atom. The van der Waals surface area contributed by atoms with E-state index in [9.17, 15) is 13.2 Å². The van der Waals surface area contributed by atoms with Crippen molar-refractivity contribution in [2.45, 2.75) is 57.7 Å². The third kappa shape index (κ3) is 4.63. The van der Waals surface area contributed by atoms with Crippen LogP contribution in [0.5, 0.6) is 0 Å². The highest BCUT2D eigenvalue weighted by atomic mass is 19.4. The van der Waals surface area contributed by atoms with Gasteiger partial charge in [-0.1, -0.05) is 12.0 Å². The van der Waals surface area contributed by atoms with Crippen molar-refractivity contribution in [2.75, 3.05) is 7.05 Å². The van der Waals surface area contributed by atoms with E-state index in [4.69, 9.17) is 0 Å². The fourth-order valence-corrected chi connectivity index (χ4v) is 2.91. The van der Waals surface area contributed by atoms with Gasteiger partial charge in [0.05, 0.1) is 5.92 Å². The SMILES string of the molecule is C=C(C)CCC(NC)C1CCCC(C(F)(F)F)C1. The summed E-state index contributed by atoms with van der Waals surface area (Å²) in [5.74, 6) is -0.952. The average molecular weight is 263 g/mol. The van der Waals surface area contributed by atoms with Crippen molar-refractivity contribution < 1.29 is 13.2 Å². The van der Waals surface area contributed by atoms with Gasteiger partial charge in [-0.15, -0.1) is 6.58 Å². The molecule has 0 aromatic heterocycles. The van der Waals surface area contributed by atoms with Crippen molar-refractivity contribution in [1.29, 1.82) is 0 Å². The molecule has 0 spiro atoms. The zero-order valence-corrected chi connectivity index (χ0v) is 11.3. The molecule has 106 valence electrons. The summed E-state index contributed by atoms with van der Waals surface area (Å²) in [6.45, 7) is 5.82. The Morgan fingerprint density at radius 1 is 1.39 bits per heavy atom. The molecule has 1 fully saturated rings. The van der Waals surface area contributed by atoms with Crippen LogP contribution in [0.25, 0.3) is 0 Å². The highest BCUT2D eigenvalue weighted by Crippen LogP contribution is 2.41. The van der Waals surface area contributed by atoms with Gasteiger partial charge < -0.3 is 5.32 Å². The number of alkyl halides is 3. The van der Waals surface area contributed by atoms with Crippen molar-refractivity contribution in [3.63, 3.8) is 0 Å². The molecule has 1 N–H and O–H groups in total. The van der Waals surface area contributed by atoms with Crippen molar-refractivity contribution in [3.8, 4) is 0 Å². The van der Waals surface area contributed by atoms with E-state index >= 15 is 0 Å². The van der Waals surface area contributed by atoms with Crippen molar-refractivity contribution >= 4 is 0 Å². The van der Waals surface area contributed by atoms with Crippen molar-refractivity contribution in [1.82, 2.24) is 5.32 Å². The molecule has 1 nitrogen and oxygen atoms in total. The molecule has 1 saturated carbocycles. The van der Waals surface area contributed by atoms with Crippen LogP contribution in [-0.2, 0) is 0 Å². The molecule has 18 heavy (non-hydrogen) atoms. The Balaban J connectivity index is 2.55. The molecule has 0 heterocycles. The molecule has 0 aromatic rings. The predicted molar refractivity (Wildman–Crippen MR) is 68.4 cm³/mol. The Hall–Kier alpha value is -0.510. The first-order chi connectivity index (χ1) is 8.34. The molecule has 1 aliphatic rings. The van der Waals surface area contributed by atoms with Gasteiger partial charge >= 0.3 is 6.18 Å². The Kier molecular flexibility index (Phi) is 5.70. The van der Waals surface area contributed by atoms with E-state index in [1.165, 1.54) is 0 Å². The minimum absolute atomic E-state index is 0.148. The van der Waals surface area contributed by atoms with Gasteiger partial charge in [-0.2, -0.15) is 13.2 Å². The van der Waals surface area contributed by atoms with E-state index in [-0.39, 0.29) is 18.4 Å². The summed E-state index contributed by atoms with van der Waals surface area (Å²) in [4.78, 5) is 0. The van der Waals surface area contributed by atoms with Gasteiger partial charge in [-0.25, -0.2) is 0 Å². The van der Waals surface area contributed by atoms with E-state index < -0.39 is 12.1 Å². The summed E-state index contributed by atoms with van der Waals surface area (Å²) in [6, 6.07) is 0.187. The normalized spacial score (nSPS) is 26.9. The predicted octanol–water partition coefficient (Wildman–Crippen LogP) is 4.30. The maximum absolute atomic E-state index is 12.8. The number of halogens is 3. The molecule has 0 aliphatic heterocycles. The largest absolute Gasteiger partial charge is 0.391 e. The van der Waals surface area contributed by atoms with Crippen LogP contribution in [0, 0.1) is 11.8 Å². The van der Waals surface area contributed by atoms with Crippen LogP contribution in [0.3, 0.4) is 0 Å².